The Labute approximate surface area is 206 Å². The van der Waals surface area contributed by atoms with Crippen molar-refractivity contribution in [2.75, 3.05) is 23.7 Å². The second kappa shape index (κ2) is 12.3. The zero-order valence-corrected chi connectivity index (χ0v) is 20.7. The predicted octanol–water partition coefficient (Wildman–Crippen LogP) is 7.04. The summed E-state index contributed by atoms with van der Waals surface area (Å²) in [4.78, 5) is 19.3. The van der Waals surface area contributed by atoms with Crippen molar-refractivity contribution in [2.45, 2.75) is 58.2 Å². The Hall–Kier alpha value is -2.46. The maximum absolute atomic E-state index is 13.4. The van der Waals surface area contributed by atoms with Crippen LogP contribution in [0.1, 0.15) is 52.0 Å². The Morgan fingerprint density at radius 2 is 1.71 bits per heavy atom. The van der Waals surface area contributed by atoms with Gasteiger partial charge in [-0.05, 0) is 51.8 Å². The minimum absolute atomic E-state index is 0.0119. The summed E-state index contributed by atoms with van der Waals surface area (Å²) in [6, 6.07) is 4.69. The number of aromatic nitrogens is 2. The van der Waals surface area contributed by atoms with Gasteiger partial charge in [-0.15, -0.1) is 0 Å². The number of halogens is 5. The summed E-state index contributed by atoms with van der Waals surface area (Å²) in [7, 11) is 0. The van der Waals surface area contributed by atoms with Gasteiger partial charge in [-0.25, -0.2) is 9.78 Å². The van der Waals surface area contributed by atoms with Crippen molar-refractivity contribution < 1.29 is 22.7 Å². The molecule has 34 heavy (non-hydrogen) atoms. The smallest absolute Gasteiger partial charge is 0.421 e. The van der Waals surface area contributed by atoms with Gasteiger partial charge in [0.05, 0.1) is 10.0 Å². The van der Waals surface area contributed by atoms with Gasteiger partial charge in [0.15, 0.2) is 0 Å². The van der Waals surface area contributed by atoms with E-state index in [0.717, 1.165) is 25.5 Å². The molecule has 1 aromatic heterocycles. The van der Waals surface area contributed by atoms with E-state index in [-0.39, 0.29) is 11.8 Å². The van der Waals surface area contributed by atoms with Gasteiger partial charge in [0.2, 0.25) is 5.95 Å². The second-order valence-electron chi connectivity index (χ2n) is 8.48. The lowest BCUT2D eigenvalue weighted by atomic mass is 10.2. The molecule has 1 heterocycles. The summed E-state index contributed by atoms with van der Waals surface area (Å²) >= 11 is 11.8. The number of alkyl carbamates (subject to hydrolysis) is 1. The largest absolute Gasteiger partial charge is 0.444 e. The summed E-state index contributed by atoms with van der Waals surface area (Å²) in [5, 5.41) is 8.89. The number of rotatable bonds is 10. The van der Waals surface area contributed by atoms with Crippen molar-refractivity contribution in [3.05, 3.63) is 40.0 Å². The molecule has 7 nitrogen and oxygen atoms in total. The van der Waals surface area contributed by atoms with Gasteiger partial charge in [-0.3, -0.25) is 0 Å². The van der Waals surface area contributed by atoms with Crippen LogP contribution in [0.2, 0.25) is 10.0 Å². The van der Waals surface area contributed by atoms with E-state index >= 15 is 0 Å². The van der Waals surface area contributed by atoms with Crippen molar-refractivity contribution in [3.63, 3.8) is 0 Å². The molecule has 0 radical (unpaired) electrons. The first-order valence-corrected chi connectivity index (χ1v) is 11.5. The molecular formula is C22H28Cl2F3N5O2. The molecule has 1 amide bonds. The number of ether oxygens (including phenoxy) is 1. The average molecular weight is 522 g/mol. The standard InChI is InChI=1S/C22H28Cl2F3N5O2/c1-21(2,3)34-20(33)29-11-7-5-4-6-10-28-18-15(22(25,26)27)13-30-19(32-18)31-14-8-9-16(23)17(24)12-14/h8-9,12-13H,4-7,10-11H2,1-3H3,(H,29,33)(H2,28,30,31,32). The van der Waals surface area contributed by atoms with Crippen molar-refractivity contribution >= 4 is 46.7 Å². The normalized spacial score (nSPS) is 11.8. The molecule has 0 aliphatic carbocycles. The fourth-order valence-corrected chi connectivity index (χ4v) is 3.10. The van der Waals surface area contributed by atoms with Crippen molar-refractivity contribution in [3.8, 4) is 0 Å². The molecular weight excluding hydrogens is 494 g/mol. The zero-order valence-electron chi connectivity index (χ0n) is 19.2. The van der Waals surface area contributed by atoms with Crippen LogP contribution in [0, 0.1) is 0 Å². The van der Waals surface area contributed by atoms with Crippen molar-refractivity contribution in [1.82, 2.24) is 15.3 Å². The molecule has 2 aromatic rings. The number of nitrogens with zero attached hydrogens (tertiary/aromatic N) is 2. The summed E-state index contributed by atoms with van der Waals surface area (Å²) in [5.41, 5.74) is -1.02. The first kappa shape index (κ1) is 27.8. The van der Waals surface area contributed by atoms with Gasteiger partial charge in [0, 0.05) is 25.0 Å². The molecule has 2 rings (SSSR count). The van der Waals surface area contributed by atoms with Crippen LogP contribution < -0.4 is 16.0 Å². The molecule has 0 spiro atoms. The molecule has 0 bridgehead atoms. The zero-order chi connectivity index (χ0) is 25.4. The van der Waals surface area contributed by atoms with Gasteiger partial charge >= 0.3 is 12.3 Å². The summed E-state index contributed by atoms with van der Waals surface area (Å²) in [5.74, 6) is -0.321. The highest BCUT2D eigenvalue weighted by molar-refractivity contribution is 6.42. The molecule has 0 saturated heterocycles. The van der Waals surface area contributed by atoms with E-state index in [1.165, 1.54) is 6.07 Å². The van der Waals surface area contributed by atoms with Gasteiger partial charge in [-0.1, -0.05) is 36.0 Å². The molecule has 0 atom stereocenters. The van der Waals surface area contributed by atoms with E-state index in [0.29, 0.717) is 35.2 Å². The van der Waals surface area contributed by atoms with Crippen LogP contribution in [0.5, 0.6) is 0 Å². The first-order valence-electron chi connectivity index (χ1n) is 10.7. The minimum Gasteiger partial charge on any atom is -0.444 e. The van der Waals surface area contributed by atoms with Crippen LogP contribution in [0.25, 0.3) is 0 Å². The highest BCUT2D eigenvalue weighted by Crippen LogP contribution is 2.34. The van der Waals surface area contributed by atoms with Crippen molar-refractivity contribution in [1.29, 1.82) is 0 Å². The number of carbonyl (C=O) groups excluding carboxylic acids is 1. The molecule has 0 saturated carbocycles. The third-order valence-corrected chi connectivity index (χ3v) is 5.07. The fraction of sp³-hybridized carbons (Fsp3) is 0.500. The molecule has 3 N–H and O–H groups in total. The third-order valence-electron chi connectivity index (χ3n) is 4.33. The number of hydrogen-bond acceptors (Lipinski definition) is 6. The van der Waals surface area contributed by atoms with Crippen LogP contribution in [0.4, 0.5) is 35.4 Å². The number of nitrogens with one attached hydrogen (secondary N) is 3. The van der Waals surface area contributed by atoms with Gasteiger partial charge in [-0.2, -0.15) is 18.2 Å². The molecule has 188 valence electrons. The quantitative estimate of drug-likeness (QED) is 0.290. The maximum Gasteiger partial charge on any atom is 0.421 e. The van der Waals surface area contributed by atoms with Gasteiger partial charge in [0.25, 0.3) is 0 Å². The van der Waals surface area contributed by atoms with E-state index < -0.39 is 23.4 Å². The molecule has 0 aliphatic rings. The van der Waals surface area contributed by atoms with Crippen LogP contribution >= 0.6 is 23.2 Å². The maximum atomic E-state index is 13.4. The molecule has 12 heteroatoms. The van der Waals surface area contributed by atoms with Crippen LogP contribution in [0.15, 0.2) is 24.4 Å². The van der Waals surface area contributed by atoms with Crippen LogP contribution in [-0.4, -0.2) is 34.8 Å². The number of carbonyl (C=O) groups is 1. The Morgan fingerprint density at radius 1 is 1.03 bits per heavy atom. The van der Waals surface area contributed by atoms with E-state index in [1.54, 1.807) is 32.9 Å². The average Bonchev–Trinajstić information content (AvgIpc) is 2.70. The van der Waals surface area contributed by atoms with E-state index in [4.69, 9.17) is 27.9 Å². The van der Waals surface area contributed by atoms with Crippen LogP contribution in [0.3, 0.4) is 0 Å². The Bertz CT molecular complexity index is 969. The molecule has 0 unspecified atom stereocenters. The lowest BCUT2D eigenvalue weighted by molar-refractivity contribution is -0.137. The van der Waals surface area contributed by atoms with E-state index in [9.17, 15) is 18.0 Å². The number of unbranched alkanes of at least 4 members (excludes halogenated alkanes) is 3. The molecule has 0 fully saturated rings. The lowest BCUT2D eigenvalue weighted by Crippen LogP contribution is -2.32. The number of anilines is 3. The van der Waals surface area contributed by atoms with Crippen LogP contribution in [-0.2, 0) is 10.9 Å². The predicted molar refractivity (Wildman–Crippen MR) is 128 cm³/mol. The van der Waals surface area contributed by atoms with E-state index in [1.807, 2.05) is 0 Å². The number of amides is 1. The number of alkyl halides is 3. The first-order chi connectivity index (χ1) is 15.8. The van der Waals surface area contributed by atoms with Gasteiger partial charge < -0.3 is 20.7 Å². The Balaban J connectivity index is 1.84. The Morgan fingerprint density at radius 3 is 2.32 bits per heavy atom. The Kier molecular flexibility index (Phi) is 10.1. The minimum atomic E-state index is -4.60. The number of hydrogen-bond donors (Lipinski definition) is 3. The number of benzene rings is 1. The lowest BCUT2D eigenvalue weighted by Gasteiger charge is -2.19. The highest BCUT2D eigenvalue weighted by atomic mass is 35.5. The summed E-state index contributed by atoms with van der Waals surface area (Å²) in [6.45, 7) is 6.12. The topological polar surface area (TPSA) is 88.2 Å². The second-order valence-corrected chi connectivity index (χ2v) is 9.29. The van der Waals surface area contributed by atoms with E-state index in [2.05, 4.69) is 25.9 Å². The highest BCUT2D eigenvalue weighted by Gasteiger charge is 2.35. The third kappa shape index (κ3) is 9.80. The SMILES string of the molecule is CC(C)(C)OC(=O)NCCCCCCNc1nc(Nc2ccc(Cl)c(Cl)c2)ncc1C(F)(F)F. The molecule has 1 aromatic carbocycles. The van der Waals surface area contributed by atoms with Crippen molar-refractivity contribution in [2.24, 2.45) is 0 Å². The van der Waals surface area contributed by atoms with Gasteiger partial charge in [0.1, 0.15) is 17.0 Å². The summed E-state index contributed by atoms with van der Waals surface area (Å²) < 4.78 is 45.3. The fourth-order valence-electron chi connectivity index (χ4n) is 2.80. The molecule has 0 aliphatic heterocycles. The summed E-state index contributed by atoms with van der Waals surface area (Å²) in [6.07, 6.45) is -1.40. The monoisotopic (exact) mass is 521 g/mol.